The van der Waals surface area contributed by atoms with Gasteiger partial charge in [0, 0.05) is 37.0 Å². The second kappa shape index (κ2) is 20.4. The molecule has 6 atom stereocenters. The average Bonchev–Trinajstić information content (AvgIpc) is 4.21. The third-order valence-electron chi connectivity index (χ3n) is 13.9. The van der Waals surface area contributed by atoms with E-state index in [1.54, 1.807) is 9.80 Å². The molecule has 0 aliphatic carbocycles. The van der Waals surface area contributed by atoms with Gasteiger partial charge in [0.05, 0.1) is 31.3 Å². The monoisotopic (exact) mass is 942 g/mol. The molecule has 0 unspecified atom stereocenters. The lowest BCUT2D eigenvalue weighted by atomic mass is 9.87. The first kappa shape index (κ1) is 48.7. The minimum atomic E-state index is -0.905. The van der Waals surface area contributed by atoms with Gasteiger partial charge in [-0.3, -0.25) is 19.8 Å². The fourth-order valence-corrected chi connectivity index (χ4v) is 10.1. The Morgan fingerprint density at radius 1 is 0.652 bits per heavy atom. The number of aromatic amines is 2. The summed E-state index contributed by atoms with van der Waals surface area (Å²) in [4.78, 5) is 67.5. The highest BCUT2D eigenvalue weighted by Gasteiger charge is 2.41. The molecule has 3 aromatic carbocycles. The van der Waals surface area contributed by atoms with Crippen molar-refractivity contribution in [3.63, 3.8) is 0 Å². The summed E-state index contributed by atoms with van der Waals surface area (Å²) in [6.07, 6.45) is 2.80. The van der Waals surface area contributed by atoms with E-state index in [9.17, 15) is 19.2 Å². The maximum atomic E-state index is 13.7. The molecular formula is C52H67N11O6. The lowest BCUT2D eigenvalue weighted by Gasteiger charge is -2.34. The van der Waals surface area contributed by atoms with E-state index in [0.29, 0.717) is 36.4 Å². The molecule has 0 spiro atoms. The Kier molecular flexibility index (Phi) is 14.4. The van der Waals surface area contributed by atoms with E-state index >= 15 is 0 Å². The highest BCUT2D eigenvalue weighted by Crippen LogP contribution is 2.48. The topological polar surface area (TPSA) is 204 Å². The summed E-state index contributed by atoms with van der Waals surface area (Å²) in [6.45, 7) is 15.3. The smallest absolute Gasteiger partial charge is 0.407 e. The Morgan fingerprint density at radius 2 is 1.14 bits per heavy atom. The van der Waals surface area contributed by atoms with Gasteiger partial charge in [0.1, 0.15) is 17.7 Å². The highest BCUT2D eigenvalue weighted by atomic mass is 16.6. The predicted octanol–water partition coefficient (Wildman–Crippen LogP) is 8.73. The fourth-order valence-electron chi connectivity index (χ4n) is 10.1. The fraction of sp³-hybridized carbons (Fsp3) is 0.500. The van der Waals surface area contributed by atoms with E-state index in [0.717, 1.165) is 55.3 Å². The first-order valence-corrected chi connectivity index (χ1v) is 24.3. The van der Waals surface area contributed by atoms with Gasteiger partial charge in [-0.1, -0.05) is 109 Å². The van der Waals surface area contributed by atoms with Gasteiger partial charge < -0.3 is 34.8 Å². The van der Waals surface area contributed by atoms with Gasteiger partial charge in [-0.05, 0) is 84.6 Å². The summed E-state index contributed by atoms with van der Waals surface area (Å²) in [7, 11) is 2.77. The Hall–Kier alpha value is -6.78. The second-order valence-electron chi connectivity index (χ2n) is 20.2. The Bertz CT molecular complexity index is 2430. The standard InChI is InChI=1S/C52H67N11O6/c1-30(2)42(54-51(67)68-9)48(64)61-28-10-12-40(61)46-55-44(57-59-46)34-18-14-32(15-19-34)38-26-27-39(63(38)37-24-22-36(23-25-37)52(5,6)7)33-16-20-35(21-17-33)45-56-47(60-58-45)41-13-11-29-62(41)49(65)43(31(3)4)69-50(66)53-8/h14-25,30-31,38-43H,10-13,26-29H2,1-9H3,(H,53,66)(H,54,67)(H,55,57,59)(H,56,58,60)/t38-,39-,40-,41-,42-,43-/m0/s1. The van der Waals surface area contributed by atoms with E-state index in [-0.39, 0.29) is 53.2 Å². The molecule has 366 valence electrons. The van der Waals surface area contributed by atoms with Crippen LogP contribution in [0.15, 0.2) is 72.8 Å². The summed E-state index contributed by atoms with van der Waals surface area (Å²) < 4.78 is 10.3. The number of ether oxygens (including phenoxy) is 2. The number of likely N-dealkylation sites (tertiary alicyclic amines) is 2. The minimum absolute atomic E-state index is 0.0153. The number of hydrogen-bond donors (Lipinski definition) is 4. The van der Waals surface area contributed by atoms with Crippen LogP contribution in [0.3, 0.4) is 0 Å². The van der Waals surface area contributed by atoms with Gasteiger partial charge in [-0.2, -0.15) is 10.2 Å². The van der Waals surface area contributed by atoms with E-state index in [1.165, 1.54) is 30.8 Å². The Morgan fingerprint density at radius 3 is 1.58 bits per heavy atom. The van der Waals surface area contributed by atoms with Crippen LogP contribution in [0.4, 0.5) is 15.3 Å². The molecule has 3 aliphatic rings. The van der Waals surface area contributed by atoms with Crippen molar-refractivity contribution in [2.45, 2.75) is 129 Å². The number of nitrogens with one attached hydrogen (secondary N) is 4. The van der Waals surface area contributed by atoms with E-state index < -0.39 is 24.3 Å². The van der Waals surface area contributed by atoms with Crippen LogP contribution in [-0.2, 0) is 24.5 Å². The molecule has 2 aromatic heterocycles. The molecule has 0 bridgehead atoms. The molecule has 3 aliphatic heterocycles. The van der Waals surface area contributed by atoms with Gasteiger partial charge >= 0.3 is 12.2 Å². The van der Waals surface area contributed by atoms with Crippen LogP contribution in [0.25, 0.3) is 22.8 Å². The summed E-state index contributed by atoms with van der Waals surface area (Å²) in [5.74, 6) is 1.61. The molecular weight excluding hydrogens is 875 g/mol. The number of aromatic nitrogens is 6. The van der Waals surface area contributed by atoms with Crippen molar-refractivity contribution in [2.75, 3.05) is 32.1 Å². The van der Waals surface area contributed by atoms with Crippen molar-refractivity contribution < 1.29 is 28.7 Å². The minimum Gasteiger partial charge on any atom is -0.453 e. The molecule has 0 radical (unpaired) electrons. The number of H-pyrrole nitrogens is 2. The first-order valence-electron chi connectivity index (χ1n) is 24.3. The number of benzene rings is 3. The molecule has 0 saturated carbocycles. The summed E-state index contributed by atoms with van der Waals surface area (Å²) >= 11 is 0. The molecule has 17 nitrogen and oxygen atoms in total. The first-order chi connectivity index (χ1) is 33.1. The van der Waals surface area contributed by atoms with E-state index in [2.05, 4.69) is 129 Å². The van der Waals surface area contributed by atoms with Gasteiger partial charge in [0.25, 0.3) is 5.91 Å². The zero-order valence-electron chi connectivity index (χ0n) is 41.3. The number of anilines is 1. The normalized spacial score (nSPS) is 20.4. The second-order valence-corrected chi connectivity index (χ2v) is 20.2. The van der Waals surface area contributed by atoms with Crippen molar-refractivity contribution >= 4 is 29.7 Å². The van der Waals surface area contributed by atoms with Gasteiger partial charge in [-0.25, -0.2) is 19.6 Å². The molecule has 5 heterocycles. The van der Waals surface area contributed by atoms with Crippen LogP contribution in [0.5, 0.6) is 0 Å². The molecule has 4 N–H and O–H groups in total. The van der Waals surface area contributed by atoms with Crippen molar-refractivity contribution in [2.24, 2.45) is 11.8 Å². The van der Waals surface area contributed by atoms with Crippen molar-refractivity contribution in [1.82, 2.24) is 50.8 Å². The average molecular weight is 942 g/mol. The molecule has 17 heteroatoms. The van der Waals surface area contributed by atoms with Gasteiger partial charge in [-0.15, -0.1) is 0 Å². The Labute approximate surface area is 404 Å². The van der Waals surface area contributed by atoms with Crippen LogP contribution in [0, 0.1) is 11.8 Å². The number of carbonyl (C=O) groups is 4. The Balaban J connectivity index is 1.00. The SMILES string of the molecule is CNC(=O)O[C@H](C(=O)N1CCC[C@H]1c1nc(-c2ccc([C@@H]3CC[C@@H](c4ccc(-c5n[nH]c([C@@H]6CCCN6C(=O)[C@@H](NC(=O)OC)C(C)C)n5)cc4)N3c3ccc(C(C)(C)C)cc3)cc2)n[nH]1)C(C)C. The third-order valence-corrected chi connectivity index (χ3v) is 13.9. The zero-order chi connectivity index (χ0) is 49.1. The number of alkyl carbamates (subject to hydrolysis) is 2. The third kappa shape index (κ3) is 10.3. The summed E-state index contributed by atoms with van der Waals surface area (Å²) in [5.41, 5.74) is 6.54. The number of hydrogen-bond acceptors (Lipinski definition) is 11. The van der Waals surface area contributed by atoms with Crippen molar-refractivity contribution in [3.05, 3.63) is 101 Å². The van der Waals surface area contributed by atoms with Gasteiger partial charge in [0.2, 0.25) is 5.91 Å². The molecule has 5 aromatic rings. The highest BCUT2D eigenvalue weighted by molar-refractivity contribution is 5.86. The summed E-state index contributed by atoms with van der Waals surface area (Å²) in [5, 5.41) is 20.6. The lowest BCUT2D eigenvalue weighted by molar-refractivity contribution is -0.143. The van der Waals surface area contributed by atoms with Crippen LogP contribution in [0.2, 0.25) is 0 Å². The van der Waals surface area contributed by atoms with Crippen LogP contribution < -0.4 is 15.5 Å². The van der Waals surface area contributed by atoms with Crippen LogP contribution in [0.1, 0.15) is 139 Å². The summed E-state index contributed by atoms with van der Waals surface area (Å²) in [6, 6.07) is 24.9. The maximum Gasteiger partial charge on any atom is 0.407 e. The lowest BCUT2D eigenvalue weighted by Crippen LogP contribution is -2.51. The molecule has 69 heavy (non-hydrogen) atoms. The van der Waals surface area contributed by atoms with Gasteiger partial charge in [0.15, 0.2) is 17.8 Å². The number of methoxy groups -OCH3 is 1. The van der Waals surface area contributed by atoms with Crippen molar-refractivity contribution in [3.8, 4) is 22.8 Å². The largest absolute Gasteiger partial charge is 0.453 e. The van der Waals surface area contributed by atoms with Crippen molar-refractivity contribution in [1.29, 1.82) is 0 Å². The van der Waals surface area contributed by atoms with Crippen LogP contribution in [-0.4, -0.2) is 104 Å². The number of rotatable bonds is 13. The zero-order valence-corrected chi connectivity index (χ0v) is 41.3. The molecule has 3 fully saturated rings. The molecule has 8 rings (SSSR count). The maximum absolute atomic E-state index is 13.7. The predicted molar refractivity (Wildman–Crippen MR) is 262 cm³/mol. The van der Waals surface area contributed by atoms with Crippen LogP contribution >= 0.6 is 0 Å². The van der Waals surface area contributed by atoms with E-state index in [1.807, 2.05) is 27.7 Å². The molecule has 3 saturated heterocycles. The number of amides is 4. The molecule has 4 amide bonds. The number of carbonyl (C=O) groups excluding carboxylic acids is 4. The van der Waals surface area contributed by atoms with E-state index in [4.69, 9.17) is 19.4 Å². The number of nitrogens with zero attached hydrogens (tertiary/aromatic N) is 7. The quantitative estimate of drug-likeness (QED) is 0.0879.